The minimum atomic E-state index is -0.736. The third kappa shape index (κ3) is 3.11. The number of carboxylic acid groups (broad SMARTS) is 1. The molecule has 24 heavy (non-hydrogen) atoms. The van der Waals surface area contributed by atoms with Crippen LogP contribution in [-0.2, 0) is 4.79 Å². The van der Waals surface area contributed by atoms with Crippen LogP contribution in [0.15, 0.2) is 48.5 Å². The minimum absolute atomic E-state index is 0.226. The molecule has 3 rings (SSSR count). The van der Waals surface area contributed by atoms with Gasteiger partial charge in [-0.15, -0.1) is 0 Å². The number of aliphatic carboxylic acids is 1. The van der Waals surface area contributed by atoms with Crippen molar-refractivity contribution < 1.29 is 9.90 Å². The molecule has 0 bridgehead atoms. The highest BCUT2D eigenvalue weighted by Gasteiger charge is 2.29. The van der Waals surface area contributed by atoms with E-state index in [1.807, 2.05) is 36.4 Å². The molecule has 1 heterocycles. The number of carboxylic acids is 1. The maximum absolute atomic E-state index is 10.6. The Morgan fingerprint density at radius 2 is 1.58 bits per heavy atom. The first kappa shape index (κ1) is 16.1. The molecule has 1 aliphatic heterocycles. The largest absolute Gasteiger partial charge is 0.481 e. The molecule has 0 atom stereocenters. The van der Waals surface area contributed by atoms with E-state index in [4.69, 9.17) is 5.11 Å². The predicted molar refractivity (Wildman–Crippen MR) is 93.4 cm³/mol. The van der Waals surface area contributed by atoms with Crippen LogP contribution in [0.3, 0.4) is 0 Å². The van der Waals surface area contributed by atoms with Crippen molar-refractivity contribution in [3.05, 3.63) is 59.7 Å². The Bertz CT molecular complexity index is 732. The van der Waals surface area contributed by atoms with Gasteiger partial charge in [0.25, 0.3) is 0 Å². The van der Waals surface area contributed by atoms with E-state index >= 15 is 0 Å². The molecule has 0 aromatic heterocycles. The number of nitrogens with zero attached hydrogens (tertiary/aromatic N) is 2. The first-order chi connectivity index (χ1) is 11.7. The first-order valence-electron chi connectivity index (χ1n) is 8.29. The average Bonchev–Trinajstić information content (AvgIpc) is 2.60. The van der Waals surface area contributed by atoms with Crippen molar-refractivity contribution >= 4 is 17.3 Å². The fourth-order valence-corrected chi connectivity index (χ4v) is 3.36. The predicted octanol–water partition coefficient (Wildman–Crippen LogP) is 4.44. The molecular formula is C20H20N2O2. The zero-order chi connectivity index (χ0) is 16.9. The summed E-state index contributed by atoms with van der Waals surface area (Å²) in [7, 11) is 0. The van der Waals surface area contributed by atoms with Crippen molar-refractivity contribution in [1.29, 1.82) is 5.26 Å². The van der Waals surface area contributed by atoms with Crippen molar-refractivity contribution in [3.8, 4) is 6.07 Å². The van der Waals surface area contributed by atoms with Crippen LogP contribution in [0.1, 0.15) is 42.7 Å². The average molecular weight is 320 g/mol. The number of nitriles is 1. The highest BCUT2D eigenvalue weighted by molar-refractivity contribution is 5.77. The lowest BCUT2D eigenvalue weighted by molar-refractivity contribution is -0.137. The van der Waals surface area contributed by atoms with Crippen LogP contribution >= 0.6 is 0 Å². The fourth-order valence-electron chi connectivity index (χ4n) is 3.36. The van der Waals surface area contributed by atoms with E-state index in [0.717, 1.165) is 41.9 Å². The first-order valence-corrected chi connectivity index (χ1v) is 8.29. The van der Waals surface area contributed by atoms with Gasteiger partial charge in [0.15, 0.2) is 0 Å². The number of hydrogen-bond donors (Lipinski definition) is 1. The summed E-state index contributed by atoms with van der Waals surface area (Å²) in [4.78, 5) is 12.9. The molecule has 1 N–H and O–H groups in total. The summed E-state index contributed by atoms with van der Waals surface area (Å²) in [6, 6.07) is 18.6. The van der Waals surface area contributed by atoms with Gasteiger partial charge in [0.2, 0.25) is 0 Å². The molecule has 0 fully saturated rings. The number of fused-ring (bicyclic) bond motifs is 2. The molecule has 0 radical (unpaired) electrons. The van der Waals surface area contributed by atoms with Gasteiger partial charge in [0, 0.05) is 24.3 Å². The Balaban J connectivity index is 1.84. The van der Waals surface area contributed by atoms with E-state index < -0.39 is 5.97 Å². The highest BCUT2D eigenvalue weighted by Crippen LogP contribution is 2.44. The summed E-state index contributed by atoms with van der Waals surface area (Å²) < 4.78 is 0. The highest BCUT2D eigenvalue weighted by atomic mass is 16.4. The van der Waals surface area contributed by atoms with Gasteiger partial charge >= 0.3 is 5.97 Å². The van der Waals surface area contributed by atoms with Crippen LogP contribution < -0.4 is 4.90 Å². The Labute approximate surface area is 142 Å². The molecule has 4 heteroatoms. The number of unbranched alkanes of at least 4 members (excludes halogenated alkanes) is 2. The van der Waals surface area contributed by atoms with E-state index in [-0.39, 0.29) is 12.3 Å². The molecule has 2 aromatic rings. The molecular weight excluding hydrogens is 300 g/mol. The summed E-state index contributed by atoms with van der Waals surface area (Å²) in [5.41, 5.74) is 4.26. The molecule has 0 aliphatic carbocycles. The summed E-state index contributed by atoms with van der Waals surface area (Å²) in [5, 5.41) is 18.4. The Morgan fingerprint density at radius 3 is 2.12 bits per heavy atom. The van der Waals surface area contributed by atoms with Crippen molar-refractivity contribution in [3.63, 3.8) is 0 Å². The number of para-hydroxylation sites is 2. The lowest BCUT2D eigenvalue weighted by atomic mass is 9.86. The standard InChI is InChI=1S/C20H20N2O2/c21-14-17-15-8-3-5-10-18(15)22(13-7-1-2-12-20(23)24)19-11-6-4-9-16(17)19/h3-6,8-11,17H,1-2,7,12-13H2,(H,23,24). The zero-order valence-electron chi connectivity index (χ0n) is 13.5. The second-order valence-corrected chi connectivity index (χ2v) is 6.04. The fraction of sp³-hybridized carbons (Fsp3) is 0.300. The third-order valence-corrected chi connectivity index (χ3v) is 4.48. The van der Waals surface area contributed by atoms with Crippen LogP contribution in [0.2, 0.25) is 0 Å². The second kappa shape index (κ2) is 7.18. The molecule has 0 unspecified atom stereocenters. The summed E-state index contributed by atoms with van der Waals surface area (Å²) in [6.45, 7) is 0.825. The van der Waals surface area contributed by atoms with Gasteiger partial charge in [-0.1, -0.05) is 42.8 Å². The zero-order valence-corrected chi connectivity index (χ0v) is 13.5. The van der Waals surface area contributed by atoms with Crippen molar-refractivity contribution in [1.82, 2.24) is 0 Å². The minimum Gasteiger partial charge on any atom is -0.481 e. The van der Waals surface area contributed by atoms with Gasteiger partial charge in [-0.25, -0.2) is 0 Å². The molecule has 0 spiro atoms. The van der Waals surface area contributed by atoms with Crippen molar-refractivity contribution in [2.24, 2.45) is 0 Å². The molecule has 2 aromatic carbocycles. The Morgan fingerprint density at radius 1 is 1.00 bits per heavy atom. The van der Waals surface area contributed by atoms with Gasteiger partial charge in [0.05, 0.1) is 6.07 Å². The number of hydrogen-bond acceptors (Lipinski definition) is 3. The number of rotatable bonds is 6. The van der Waals surface area contributed by atoms with Crippen molar-refractivity contribution in [2.75, 3.05) is 11.4 Å². The monoisotopic (exact) mass is 320 g/mol. The summed E-state index contributed by atoms with van der Waals surface area (Å²) in [6.07, 6.45) is 2.74. The topological polar surface area (TPSA) is 64.3 Å². The normalized spacial score (nSPS) is 13.0. The molecule has 122 valence electrons. The van der Waals surface area contributed by atoms with Crippen LogP contribution in [0.4, 0.5) is 11.4 Å². The summed E-state index contributed by atoms with van der Waals surface area (Å²) >= 11 is 0. The van der Waals surface area contributed by atoms with E-state index in [1.165, 1.54) is 0 Å². The van der Waals surface area contributed by atoms with Crippen LogP contribution in [-0.4, -0.2) is 17.6 Å². The smallest absolute Gasteiger partial charge is 0.303 e. The molecule has 4 nitrogen and oxygen atoms in total. The van der Waals surface area contributed by atoms with E-state index in [2.05, 4.69) is 23.1 Å². The Kier molecular flexibility index (Phi) is 4.81. The molecule has 0 amide bonds. The summed E-state index contributed by atoms with van der Waals surface area (Å²) in [5.74, 6) is -0.971. The third-order valence-electron chi connectivity index (χ3n) is 4.48. The number of anilines is 2. The molecule has 1 aliphatic rings. The lowest BCUT2D eigenvalue weighted by Gasteiger charge is -2.35. The SMILES string of the molecule is N#CC1c2ccccc2N(CCCCCC(=O)O)c2ccccc21. The molecule has 0 saturated carbocycles. The maximum Gasteiger partial charge on any atom is 0.303 e. The lowest BCUT2D eigenvalue weighted by Crippen LogP contribution is -2.26. The van der Waals surface area contributed by atoms with E-state index in [0.29, 0.717) is 6.42 Å². The van der Waals surface area contributed by atoms with Gasteiger partial charge < -0.3 is 10.0 Å². The quantitative estimate of drug-likeness (QED) is 0.799. The Hall–Kier alpha value is -2.80. The number of benzene rings is 2. The van der Waals surface area contributed by atoms with E-state index in [1.54, 1.807) is 0 Å². The number of carbonyl (C=O) groups is 1. The van der Waals surface area contributed by atoms with Gasteiger partial charge in [0.1, 0.15) is 5.92 Å². The van der Waals surface area contributed by atoms with Crippen LogP contribution in [0.5, 0.6) is 0 Å². The van der Waals surface area contributed by atoms with Crippen LogP contribution in [0, 0.1) is 11.3 Å². The van der Waals surface area contributed by atoms with Gasteiger partial charge in [-0.05, 0) is 36.1 Å². The van der Waals surface area contributed by atoms with Crippen molar-refractivity contribution in [2.45, 2.75) is 31.6 Å². The van der Waals surface area contributed by atoms with Crippen LogP contribution in [0.25, 0.3) is 0 Å². The second-order valence-electron chi connectivity index (χ2n) is 6.04. The van der Waals surface area contributed by atoms with Gasteiger partial charge in [-0.2, -0.15) is 5.26 Å². The maximum atomic E-state index is 10.6. The van der Waals surface area contributed by atoms with E-state index in [9.17, 15) is 10.1 Å². The molecule has 0 saturated heterocycles. The van der Waals surface area contributed by atoms with Gasteiger partial charge in [-0.3, -0.25) is 4.79 Å².